The molecule has 60 valence electrons. The predicted molar refractivity (Wildman–Crippen MR) is 45.7 cm³/mol. The van der Waals surface area contributed by atoms with E-state index in [0.29, 0.717) is 6.42 Å². The summed E-state index contributed by atoms with van der Waals surface area (Å²) in [6, 6.07) is 0. The Morgan fingerprint density at radius 3 is 2.91 bits per heavy atom. The molecule has 3 heteroatoms. The minimum Gasteiger partial charge on any atom is -0.299 e. The van der Waals surface area contributed by atoms with Crippen LogP contribution in [0.25, 0.3) is 0 Å². The second-order valence-corrected chi connectivity index (χ2v) is 3.70. The van der Waals surface area contributed by atoms with Crippen molar-refractivity contribution < 1.29 is 4.79 Å². The highest BCUT2D eigenvalue weighted by Crippen LogP contribution is 2.08. The number of Topliss-reactive ketones (excluding diaryl/α,β-unsaturated/α-hetero) is 1. The third-order valence-electron chi connectivity index (χ3n) is 1.45. The number of thiazole rings is 1. The van der Waals surface area contributed by atoms with Gasteiger partial charge in [0.25, 0.3) is 0 Å². The van der Waals surface area contributed by atoms with Gasteiger partial charge in [-0.1, -0.05) is 13.8 Å². The highest BCUT2D eigenvalue weighted by atomic mass is 32.1. The zero-order valence-electron chi connectivity index (χ0n) is 6.70. The number of ketones is 1. The van der Waals surface area contributed by atoms with Gasteiger partial charge in [0.15, 0.2) is 0 Å². The van der Waals surface area contributed by atoms with E-state index < -0.39 is 0 Å². The molecule has 0 saturated carbocycles. The van der Waals surface area contributed by atoms with Gasteiger partial charge in [-0.15, -0.1) is 11.3 Å². The number of carbonyl (C=O) groups is 1. The third-order valence-corrected chi connectivity index (χ3v) is 2.23. The lowest BCUT2D eigenvalue weighted by molar-refractivity contribution is -0.121. The van der Waals surface area contributed by atoms with Gasteiger partial charge in [-0.2, -0.15) is 0 Å². The van der Waals surface area contributed by atoms with Crippen LogP contribution >= 0.6 is 11.3 Å². The SMILES string of the molecule is CC(C)C(=O)Cc1nccs1. The topological polar surface area (TPSA) is 30.0 Å². The van der Waals surface area contributed by atoms with Crippen LogP contribution < -0.4 is 0 Å². The fraction of sp³-hybridized carbons (Fsp3) is 0.500. The molecule has 0 atom stereocenters. The zero-order valence-corrected chi connectivity index (χ0v) is 7.52. The molecule has 0 radical (unpaired) electrons. The Bertz CT molecular complexity index is 228. The summed E-state index contributed by atoms with van der Waals surface area (Å²) < 4.78 is 0. The van der Waals surface area contributed by atoms with Gasteiger partial charge in [0, 0.05) is 17.5 Å². The molecule has 0 unspecified atom stereocenters. The Morgan fingerprint density at radius 1 is 1.73 bits per heavy atom. The number of nitrogens with zero attached hydrogens (tertiary/aromatic N) is 1. The summed E-state index contributed by atoms with van der Waals surface area (Å²) in [5.41, 5.74) is 0. The van der Waals surface area contributed by atoms with Gasteiger partial charge < -0.3 is 0 Å². The van der Waals surface area contributed by atoms with Crippen molar-refractivity contribution in [3.8, 4) is 0 Å². The van der Waals surface area contributed by atoms with E-state index in [2.05, 4.69) is 4.98 Å². The molecule has 0 amide bonds. The predicted octanol–water partition coefficient (Wildman–Crippen LogP) is 1.91. The third kappa shape index (κ3) is 2.42. The molecule has 0 saturated heterocycles. The minimum absolute atomic E-state index is 0.124. The molecule has 0 spiro atoms. The highest BCUT2D eigenvalue weighted by Gasteiger charge is 2.08. The van der Waals surface area contributed by atoms with Gasteiger partial charge in [0.05, 0.1) is 11.4 Å². The number of hydrogen-bond donors (Lipinski definition) is 0. The monoisotopic (exact) mass is 169 g/mol. The van der Waals surface area contributed by atoms with E-state index in [1.165, 1.54) is 11.3 Å². The van der Waals surface area contributed by atoms with Gasteiger partial charge in [-0.25, -0.2) is 4.98 Å². The fourth-order valence-electron chi connectivity index (χ4n) is 0.693. The van der Waals surface area contributed by atoms with Gasteiger partial charge >= 0.3 is 0 Å². The standard InChI is InChI=1S/C8H11NOS/c1-6(2)7(10)5-8-9-3-4-11-8/h3-4,6H,5H2,1-2H3. The smallest absolute Gasteiger partial charge is 0.142 e. The van der Waals surface area contributed by atoms with Crippen LogP contribution in [0.5, 0.6) is 0 Å². The molecule has 0 fully saturated rings. The molecule has 0 aromatic carbocycles. The van der Waals surface area contributed by atoms with Crippen molar-refractivity contribution in [2.75, 3.05) is 0 Å². The van der Waals surface area contributed by atoms with E-state index in [-0.39, 0.29) is 11.7 Å². The first-order valence-corrected chi connectivity index (χ1v) is 4.49. The first kappa shape index (κ1) is 8.40. The Labute approximate surface area is 70.3 Å². The lowest BCUT2D eigenvalue weighted by Crippen LogP contribution is -2.09. The molecule has 0 N–H and O–H groups in total. The molecule has 0 aliphatic heterocycles. The van der Waals surface area contributed by atoms with Crippen LogP contribution in [-0.2, 0) is 11.2 Å². The van der Waals surface area contributed by atoms with Crippen LogP contribution in [0.3, 0.4) is 0 Å². The van der Waals surface area contributed by atoms with Crippen LogP contribution in [0.15, 0.2) is 11.6 Å². The van der Waals surface area contributed by atoms with Crippen LogP contribution in [0, 0.1) is 5.92 Å². The minimum atomic E-state index is 0.124. The van der Waals surface area contributed by atoms with Gasteiger partial charge in [-0.3, -0.25) is 4.79 Å². The molecule has 1 heterocycles. The molecule has 11 heavy (non-hydrogen) atoms. The van der Waals surface area contributed by atoms with Crippen molar-refractivity contribution in [3.63, 3.8) is 0 Å². The molecule has 0 aliphatic carbocycles. The largest absolute Gasteiger partial charge is 0.299 e. The van der Waals surface area contributed by atoms with Crippen LogP contribution in [-0.4, -0.2) is 10.8 Å². The maximum atomic E-state index is 11.2. The summed E-state index contributed by atoms with van der Waals surface area (Å²) in [5, 5.41) is 2.81. The number of hydrogen-bond acceptors (Lipinski definition) is 3. The van der Waals surface area contributed by atoms with E-state index in [0.717, 1.165) is 5.01 Å². The molecule has 0 aliphatic rings. The first-order valence-electron chi connectivity index (χ1n) is 3.61. The Hall–Kier alpha value is -0.700. The Balaban J connectivity index is 2.50. The Morgan fingerprint density at radius 2 is 2.45 bits per heavy atom. The molecule has 2 nitrogen and oxygen atoms in total. The van der Waals surface area contributed by atoms with Crippen molar-refractivity contribution in [1.29, 1.82) is 0 Å². The van der Waals surface area contributed by atoms with Gasteiger partial charge in [-0.05, 0) is 0 Å². The number of carbonyl (C=O) groups excluding carboxylic acids is 1. The molecular weight excluding hydrogens is 158 g/mol. The first-order chi connectivity index (χ1) is 5.20. The number of rotatable bonds is 3. The van der Waals surface area contributed by atoms with E-state index >= 15 is 0 Å². The van der Waals surface area contributed by atoms with Gasteiger partial charge in [0.2, 0.25) is 0 Å². The van der Waals surface area contributed by atoms with E-state index in [9.17, 15) is 4.79 Å². The summed E-state index contributed by atoms with van der Waals surface area (Å²) in [5.74, 6) is 0.388. The second-order valence-electron chi connectivity index (χ2n) is 2.72. The van der Waals surface area contributed by atoms with Crippen molar-refractivity contribution >= 4 is 17.1 Å². The molecular formula is C8H11NOS. The maximum absolute atomic E-state index is 11.2. The fourth-order valence-corrected chi connectivity index (χ4v) is 1.32. The molecule has 1 aromatic rings. The number of aromatic nitrogens is 1. The van der Waals surface area contributed by atoms with E-state index in [1.54, 1.807) is 6.20 Å². The van der Waals surface area contributed by atoms with Crippen molar-refractivity contribution in [2.24, 2.45) is 5.92 Å². The van der Waals surface area contributed by atoms with Crippen molar-refractivity contribution in [2.45, 2.75) is 20.3 Å². The van der Waals surface area contributed by atoms with E-state index in [1.807, 2.05) is 19.2 Å². The maximum Gasteiger partial charge on any atom is 0.142 e. The summed E-state index contributed by atoms with van der Waals surface area (Å²) >= 11 is 1.54. The Kier molecular flexibility index (Phi) is 2.76. The second kappa shape index (κ2) is 3.62. The van der Waals surface area contributed by atoms with Gasteiger partial charge in [0.1, 0.15) is 5.78 Å². The van der Waals surface area contributed by atoms with Crippen molar-refractivity contribution in [1.82, 2.24) is 4.98 Å². The molecule has 1 rings (SSSR count). The van der Waals surface area contributed by atoms with Crippen molar-refractivity contribution in [3.05, 3.63) is 16.6 Å². The average molecular weight is 169 g/mol. The van der Waals surface area contributed by atoms with Crippen LogP contribution in [0.2, 0.25) is 0 Å². The lowest BCUT2D eigenvalue weighted by Gasteiger charge is -1.99. The highest BCUT2D eigenvalue weighted by molar-refractivity contribution is 7.09. The summed E-state index contributed by atoms with van der Waals surface area (Å²) in [7, 11) is 0. The lowest BCUT2D eigenvalue weighted by atomic mass is 10.1. The van der Waals surface area contributed by atoms with E-state index in [4.69, 9.17) is 0 Å². The quantitative estimate of drug-likeness (QED) is 0.691. The molecule has 0 bridgehead atoms. The normalized spacial score (nSPS) is 10.5. The average Bonchev–Trinajstić information content (AvgIpc) is 2.39. The van der Waals surface area contributed by atoms with Crippen LogP contribution in [0.4, 0.5) is 0 Å². The summed E-state index contributed by atoms with van der Waals surface area (Å²) in [4.78, 5) is 15.2. The zero-order chi connectivity index (χ0) is 8.27. The van der Waals surface area contributed by atoms with Crippen LogP contribution in [0.1, 0.15) is 18.9 Å². The summed E-state index contributed by atoms with van der Waals surface area (Å²) in [6.45, 7) is 3.83. The molecule has 1 aromatic heterocycles. The summed E-state index contributed by atoms with van der Waals surface area (Å²) in [6.07, 6.45) is 2.23.